The van der Waals surface area contributed by atoms with Gasteiger partial charge in [0.2, 0.25) is 15.8 Å². The first-order chi connectivity index (χ1) is 9.31. The third-order valence-electron chi connectivity index (χ3n) is 2.67. The maximum Gasteiger partial charge on any atom is 0.371 e. The Morgan fingerprint density at radius 2 is 2.15 bits per heavy atom. The molecule has 1 unspecified atom stereocenters. The van der Waals surface area contributed by atoms with Crippen molar-refractivity contribution in [3.8, 4) is 0 Å². The van der Waals surface area contributed by atoms with Crippen molar-refractivity contribution in [3.63, 3.8) is 0 Å². The molecule has 7 nitrogen and oxygen atoms in total. The number of hydrogen-bond acceptors (Lipinski definition) is 5. The highest BCUT2D eigenvalue weighted by molar-refractivity contribution is 7.89. The summed E-state index contributed by atoms with van der Waals surface area (Å²) in [6.45, 7) is 3.00. The molecule has 0 aliphatic carbocycles. The van der Waals surface area contributed by atoms with Crippen LogP contribution in [0.3, 0.4) is 0 Å². The van der Waals surface area contributed by atoms with E-state index < -0.39 is 27.8 Å². The minimum Gasteiger partial charge on any atom is -0.475 e. The van der Waals surface area contributed by atoms with Crippen LogP contribution in [-0.4, -0.2) is 19.5 Å². The number of nitrogens with one attached hydrogen (secondary N) is 1. The quantitative estimate of drug-likeness (QED) is 0.872. The third-order valence-corrected chi connectivity index (χ3v) is 4.32. The average Bonchev–Trinajstić information content (AvgIpc) is 2.96. The van der Waals surface area contributed by atoms with Gasteiger partial charge in [-0.05, 0) is 26.0 Å². The van der Waals surface area contributed by atoms with E-state index >= 15 is 0 Å². The predicted molar refractivity (Wildman–Crippen MR) is 67.8 cm³/mol. The van der Waals surface area contributed by atoms with Gasteiger partial charge in [-0.2, -0.15) is 0 Å². The van der Waals surface area contributed by atoms with Crippen LogP contribution in [0.25, 0.3) is 0 Å². The van der Waals surface area contributed by atoms with Crippen LogP contribution in [0.1, 0.15) is 35.0 Å². The topological polar surface area (TPSA) is 110 Å². The minimum atomic E-state index is -3.90. The number of aryl methyl sites for hydroxylation is 1. The Kier molecular flexibility index (Phi) is 3.69. The highest BCUT2D eigenvalue weighted by atomic mass is 32.2. The summed E-state index contributed by atoms with van der Waals surface area (Å²) in [6, 6.07) is 3.68. The van der Waals surface area contributed by atoms with Gasteiger partial charge in [0.25, 0.3) is 0 Å². The van der Waals surface area contributed by atoms with Gasteiger partial charge >= 0.3 is 5.97 Å². The fraction of sp³-hybridized carbons (Fsp3) is 0.250. The SMILES string of the molecule is Cc1oc(C(=O)O)cc1S(=O)(=O)NC(C)c1ccco1. The lowest BCUT2D eigenvalue weighted by Crippen LogP contribution is -2.26. The lowest BCUT2D eigenvalue weighted by atomic mass is 10.3. The molecular weight excluding hydrogens is 286 g/mol. The first-order valence-corrected chi connectivity index (χ1v) is 7.19. The lowest BCUT2D eigenvalue weighted by Gasteiger charge is -2.11. The Balaban J connectivity index is 2.29. The van der Waals surface area contributed by atoms with Crippen molar-refractivity contribution < 1.29 is 27.2 Å². The van der Waals surface area contributed by atoms with Gasteiger partial charge in [0.15, 0.2) is 0 Å². The lowest BCUT2D eigenvalue weighted by molar-refractivity contribution is 0.0661. The van der Waals surface area contributed by atoms with Crippen LogP contribution < -0.4 is 4.72 Å². The van der Waals surface area contributed by atoms with Crippen molar-refractivity contribution in [2.75, 3.05) is 0 Å². The molecule has 108 valence electrons. The largest absolute Gasteiger partial charge is 0.475 e. The van der Waals surface area contributed by atoms with Gasteiger partial charge in [-0.3, -0.25) is 0 Å². The van der Waals surface area contributed by atoms with Gasteiger partial charge in [0.05, 0.1) is 12.3 Å². The summed E-state index contributed by atoms with van der Waals surface area (Å²) >= 11 is 0. The van der Waals surface area contributed by atoms with E-state index in [4.69, 9.17) is 13.9 Å². The molecule has 2 N–H and O–H groups in total. The van der Waals surface area contributed by atoms with E-state index in [1.54, 1.807) is 19.1 Å². The van der Waals surface area contributed by atoms with Crippen molar-refractivity contribution in [2.24, 2.45) is 0 Å². The molecular formula is C12H13NO6S. The number of carboxylic acid groups (broad SMARTS) is 1. The molecule has 2 rings (SSSR count). The predicted octanol–water partition coefficient (Wildman–Crippen LogP) is 1.92. The number of carbonyl (C=O) groups is 1. The van der Waals surface area contributed by atoms with E-state index in [0.717, 1.165) is 6.07 Å². The summed E-state index contributed by atoms with van der Waals surface area (Å²) in [5, 5.41) is 8.80. The third kappa shape index (κ3) is 2.75. The number of rotatable bonds is 5. The summed E-state index contributed by atoms with van der Waals surface area (Å²) in [6.07, 6.45) is 1.44. The van der Waals surface area contributed by atoms with E-state index in [1.807, 2.05) is 0 Å². The minimum absolute atomic E-state index is 0.0153. The van der Waals surface area contributed by atoms with Crippen molar-refractivity contribution in [2.45, 2.75) is 24.8 Å². The molecule has 0 aliphatic heterocycles. The molecule has 0 saturated carbocycles. The molecule has 2 aromatic rings. The second kappa shape index (κ2) is 5.14. The van der Waals surface area contributed by atoms with Crippen LogP contribution in [0, 0.1) is 6.92 Å². The molecule has 0 aromatic carbocycles. The number of furan rings is 2. The van der Waals surface area contributed by atoms with E-state index in [0.29, 0.717) is 5.76 Å². The van der Waals surface area contributed by atoms with E-state index in [1.165, 1.54) is 13.2 Å². The molecule has 2 aromatic heterocycles. The van der Waals surface area contributed by atoms with Crippen LogP contribution in [0.15, 0.2) is 38.2 Å². The van der Waals surface area contributed by atoms with Crippen molar-refractivity contribution in [1.82, 2.24) is 4.72 Å². The first kappa shape index (κ1) is 14.4. The van der Waals surface area contributed by atoms with Gasteiger partial charge in [-0.15, -0.1) is 0 Å². The Labute approximate surface area is 115 Å². The zero-order valence-corrected chi connectivity index (χ0v) is 11.6. The Morgan fingerprint density at radius 3 is 2.65 bits per heavy atom. The van der Waals surface area contributed by atoms with Crippen molar-refractivity contribution in [1.29, 1.82) is 0 Å². The molecule has 8 heteroatoms. The fourth-order valence-corrected chi connectivity index (χ4v) is 3.12. The van der Waals surface area contributed by atoms with Crippen LogP contribution in [0.5, 0.6) is 0 Å². The molecule has 1 atom stereocenters. The van der Waals surface area contributed by atoms with E-state index in [2.05, 4.69) is 4.72 Å². The maximum atomic E-state index is 12.2. The summed E-state index contributed by atoms with van der Waals surface area (Å²) in [5.41, 5.74) is 0. The molecule has 0 spiro atoms. The highest BCUT2D eigenvalue weighted by Gasteiger charge is 2.26. The molecule has 2 heterocycles. The highest BCUT2D eigenvalue weighted by Crippen LogP contribution is 2.22. The number of carboxylic acids is 1. The fourth-order valence-electron chi connectivity index (χ4n) is 1.73. The Hall–Kier alpha value is -2.06. The monoisotopic (exact) mass is 299 g/mol. The van der Waals surface area contributed by atoms with Gasteiger partial charge < -0.3 is 13.9 Å². The second-order valence-corrected chi connectivity index (χ2v) is 5.88. The first-order valence-electron chi connectivity index (χ1n) is 5.70. The Bertz CT molecular complexity index is 713. The van der Waals surface area contributed by atoms with Gasteiger partial charge in [-0.1, -0.05) is 0 Å². The van der Waals surface area contributed by atoms with Crippen molar-refractivity contribution >= 4 is 16.0 Å². The van der Waals surface area contributed by atoms with Gasteiger partial charge in [0, 0.05) is 6.07 Å². The van der Waals surface area contributed by atoms with Crippen LogP contribution in [-0.2, 0) is 10.0 Å². The average molecular weight is 299 g/mol. The van der Waals surface area contributed by atoms with Crippen molar-refractivity contribution in [3.05, 3.63) is 41.7 Å². The molecule has 0 bridgehead atoms. The Morgan fingerprint density at radius 1 is 1.45 bits per heavy atom. The molecule has 0 radical (unpaired) electrons. The summed E-state index contributed by atoms with van der Waals surface area (Å²) in [4.78, 5) is 10.6. The number of aromatic carboxylic acids is 1. The summed E-state index contributed by atoms with van der Waals surface area (Å²) < 4.78 is 36.8. The molecule has 0 saturated heterocycles. The van der Waals surface area contributed by atoms with E-state index in [-0.39, 0.29) is 10.7 Å². The zero-order chi connectivity index (χ0) is 14.9. The smallest absolute Gasteiger partial charge is 0.371 e. The second-order valence-electron chi connectivity index (χ2n) is 4.19. The molecule has 0 amide bonds. The van der Waals surface area contributed by atoms with Crippen LogP contribution in [0.2, 0.25) is 0 Å². The standard InChI is InChI=1S/C12H13NO6S/c1-7(9-4-3-5-18-9)13-20(16,17)11-6-10(12(14)15)19-8(11)2/h3-7,13H,1-2H3,(H,14,15). The summed E-state index contributed by atoms with van der Waals surface area (Å²) in [7, 11) is -3.90. The number of hydrogen-bond donors (Lipinski definition) is 2. The maximum absolute atomic E-state index is 12.2. The normalized spacial score (nSPS) is 13.3. The molecule has 0 aliphatic rings. The van der Waals surface area contributed by atoms with Gasteiger partial charge in [0.1, 0.15) is 16.4 Å². The van der Waals surface area contributed by atoms with Crippen LogP contribution >= 0.6 is 0 Å². The zero-order valence-electron chi connectivity index (χ0n) is 10.8. The molecule has 20 heavy (non-hydrogen) atoms. The molecule has 0 fully saturated rings. The summed E-state index contributed by atoms with van der Waals surface area (Å²) in [5.74, 6) is -1.28. The van der Waals surface area contributed by atoms with Gasteiger partial charge in [-0.25, -0.2) is 17.9 Å². The van der Waals surface area contributed by atoms with E-state index in [9.17, 15) is 13.2 Å². The van der Waals surface area contributed by atoms with Crippen LogP contribution in [0.4, 0.5) is 0 Å². The number of sulfonamides is 1.